The van der Waals surface area contributed by atoms with Crippen LogP contribution in [0.2, 0.25) is 0 Å². The fraction of sp³-hybridized carbons (Fsp3) is 0.902. The zero-order valence-electron chi connectivity index (χ0n) is 45.3. The van der Waals surface area contributed by atoms with Crippen LogP contribution in [-0.2, 0) is 9.59 Å². The molecule has 0 aromatic rings. The van der Waals surface area contributed by atoms with E-state index >= 15 is 0 Å². The molecule has 6 heteroatoms. The zero-order valence-corrected chi connectivity index (χ0v) is 45.3. The predicted molar refractivity (Wildman–Crippen MR) is 270 cm³/mol. The number of fused-ring (bicyclic) bond motifs is 14. The topological polar surface area (TPSA) is 115 Å². The van der Waals surface area contributed by atoms with Gasteiger partial charge in [-0.25, -0.2) is 0 Å². The number of carboxylic acids is 1. The highest BCUT2D eigenvalue weighted by atomic mass is 16.4. The van der Waals surface area contributed by atoms with Gasteiger partial charge in [0.05, 0.1) is 23.7 Å². The molecular formula is C61H98O6. The van der Waals surface area contributed by atoms with E-state index in [0.29, 0.717) is 65.5 Å². The Morgan fingerprint density at radius 3 is 1.63 bits per heavy atom. The van der Waals surface area contributed by atoms with Crippen LogP contribution in [0.15, 0.2) is 23.3 Å². The second-order valence-corrected chi connectivity index (χ2v) is 29.3. The maximum atomic E-state index is 13.2. The Hall–Kier alpha value is -1.50. The van der Waals surface area contributed by atoms with Crippen molar-refractivity contribution in [1.82, 2.24) is 0 Å². The van der Waals surface area contributed by atoms with Gasteiger partial charge in [0, 0.05) is 5.41 Å². The van der Waals surface area contributed by atoms with Gasteiger partial charge in [0.1, 0.15) is 5.78 Å². The van der Waals surface area contributed by atoms with Crippen molar-refractivity contribution in [3.8, 4) is 0 Å². The summed E-state index contributed by atoms with van der Waals surface area (Å²) in [5.74, 6) is 4.89. The molecule has 1 unspecified atom stereocenters. The van der Waals surface area contributed by atoms with Crippen molar-refractivity contribution >= 4 is 11.8 Å². The molecule has 0 radical (unpaired) electrons. The highest BCUT2D eigenvalue weighted by Crippen LogP contribution is 2.78. The number of aliphatic hydroxyl groups excluding tert-OH is 3. The minimum Gasteiger partial charge on any atom is -0.481 e. The van der Waals surface area contributed by atoms with Crippen LogP contribution < -0.4 is 0 Å². The lowest BCUT2D eigenvalue weighted by Crippen LogP contribution is -2.67. The third-order valence-electron chi connectivity index (χ3n) is 27.1. The normalized spacial score (nSPS) is 57.3. The fourth-order valence-electron chi connectivity index (χ4n) is 22.0. The quantitative estimate of drug-likeness (QED) is 0.205. The first-order valence-corrected chi connectivity index (χ1v) is 28.1. The summed E-state index contributed by atoms with van der Waals surface area (Å²) < 4.78 is 0. The molecule has 8 fully saturated rings. The first-order chi connectivity index (χ1) is 30.9. The predicted octanol–water partition coefficient (Wildman–Crippen LogP) is 13.7. The summed E-state index contributed by atoms with van der Waals surface area (Å²) in [7, 11) is 0. The highest BCUT2D eigenvalue weighted by molar-refractivity contribution is 5.84. The summed E-state index contributed by atoms with van der Waals surface area (Å²) in [6, 6.07) is 0. The van der Waals surface area contributed by atoms with Crippen LogP contribution in [0, 0.1) is 113 Å². The van der Waals surface area contributed by atoms with E-state index in [1.165, 1.54) is 38.5 Å². The number of ketones is 1. The van der Waals surface area contributed by atoms with Crippen molar-refractivity contribution in [2.45, 2.75) is 231 Å². The van der Waals surface area contributed by atoms with Crippen molar-refractivity contribution in [1.29, 1.82) is 0 Å². The Labute approximate surface area is 408 Å². The maximum absolute atomic E-state index is 13.2. The summed E-state index contributed by atoms with van der Waals surface area (Å²) in [6.45, 7) is 35.6. The Morgan fingerprint density at radius 2 is 1.06 bits per heavy atom. The second-order valence-electron chi connectivity index (χ2n) is 29.3. The molecule has 10 rings (SSSR count). The van der Waals surface area contributed by atoms with Gasteiger partial charge in [-0.3, -0.25) is 9.59 Å². The molecule has 0 aromatic carbocycles. The Morgan fingerprint density at radius 1 is 0.552 bits per heavy atom. The van der Waals surface area contributed by atoms with E-state index < -0.39 is 29.7 Å². The molecule has 0 bridgehead atoms. The monoisotopic (exact) mass is 927 g/mol. The van der Waals surface area contributed by atoms with Crippen LogP contribution in [0.3, 0.4) is 0 Å². The molecule has 0 aliphatic heterocycles. The lowest BCUT2D eigenvalue weighted by Gasteiger charge is -2.71. The van der Waals surface area contributed by atoms with Gasteiger partial charge in [-0.05, 0) is 226 Å². The van der Waals surface area contributed by atoms with E-state index in [0.717, 1.165) is 69.6 Å². The smallest absolute Gasteiger partial charge is 0.312 e. The molecule has 10 aliphatic rings. The van der Waals surface area contributed by atoms with Crippen LogP contribution in [0.5, 0.6) is 0 Å². The summed E-state index contributed by atoms with van der Waals surface area (Å²) >= 11 is 0. The number of allylic oxidation sites excluding steroid dienone is 4. The SMILES string of the molecule is CC(=O)[C@]12CC[C@@H](C)[C@H](C)[C@H]1C1=CC[C@@H]3[C@@]4(C)C[C@@H](O)[C@H](O)C(C)(C)[C@@H]4CC[C@@]3(C)[C@]1(C)CC2.C[C@H]1[C@H](C)CC[C@]2(C)CC[C@]3(C)C(=CC[C@@H]4[C@@]5(C)CC[C@@H](O)C(C)(C(=O)O)[C@@H]5CC[C@]43C)[C@H]12. The van der Waals surface area contributed by atoms with E-state index in [2.05, 4.69) is 102 Å². The van der Waals surface area contributed by atoms with Gasteiger partial charge in [0.15, 0.2) is 0 Å². The highest BCUT2D eigenvalue weighted by Gasteiger charge is 2.72. The van der Waals surface area contributed by atoms with Crippen molar-refractivity contribution in [3.63, 3.8) is 0 Å². The van der Waals surface area contributed by atoms with E-state index in [1.54, 1.807) is 11.1 Å². The van der Waals surface area contributed by atoms with Gasteiger partial charge in [-0.1, -0.05) is 113 Å². The minimum atomic E-state index is -1.03. The molecule has 10 aliphatic carbocycles. The molecule has 0 spiro atoms. The second kappa shape index (κ2) is 15.8. The van der Waals surface area contributed by atoms with Crippen LogP contribution in [0.25, 0.3) is 0 Å². The number of hydrogen-bond acceptors (Lipinski definition) is 5. The zero-order chi connectivity index (χ0) is 49.2. The largest absolute Gasteiger partial charge is 0.481 e. The van der Waals surface area contributed by atoms with Crippen LogP contribution in [0.1, 0.15) is 213 Å². The number of carbonyl (C=O) groups excluding carboxylic acids is 1. The molecule has 22 atom stereocenters. The molecule has 67 heavy (non-hydrogen) atoms. The van der Waals surface area contributed by atoms with Gasteiger partial charge >= 0.3 is 5.97 Å². The van der Waals surface area contributed by atoms with Gasteiger partial charge in [-0.15, -0.1) is 0 Å². The molecule has 0 saturated heterocycles. The van der Waals surface area contributed by atoms with Crippen LogP contribution >= 0.6 is 0 Å². The van der Waals surface area contributed by atoms with Crippen LogP contribution in [0.4, 0.5) is 0 Å². The molecule has 4 N–H and O–H groups in total. The van der Waals surface area contributed by atoms with Crippen molar-refractivity contribution in [2.75, 3.05) is 0 Å². The van der Waals surface area contributed by atoms with E-state index in [9.17, 15) is 30.0 Å². The van der Waals surface area contributed by atoms with Crippen molar-refractivity contribution in [2.24, 2.45) is 113 Å². The molecule has 8 saturated carbocycles. The number of hydrogen-bond donors (Lipinski definition) is 4. The third-order valence-corrected chi connectivity index (χ3v) is 27.1. The number of aliphatic carboxylic acids is 1. The third kappa shape index (κ3) is 6.33. The molecule has 0 aromatic heterocycles. The van der Waals surface area contributed by atoms with Gasteiger partial charge in [-0.2, -0.15) is 0 Å². The van der Waals surface area contributed by atoms with E-state index in [1.807, 2.05) is 13.8 Å². The maximum Gasteiger partial charge on any atom is 0.312 e. The van der Waals surface area contributed by atoms with Gasteiger partial charge in [0.25, 0.3) is 0 Å². The standard InChI is InChI=1S/C31H50O3.C30H48O3/c1-18-11-14-31(20(3)32)16-15-29(7)21(25(31)19(18)2)9-10-24-28(6)17-22(33)26(34)27(4,5)23(28)12-13-30(24,29)8;1-18-10-13-26(3)16-17-28(5)20(24(26)19(18)2)8-9-21-27(4)14-12-23(31)30(7,25(32)33)22(27)11-15-29(21,28)6/h9,18-19,22-26,33-34H,10-17H2,1-8H3;8,18-19,21-24,31H,9-17H2,1-7H3,(H,32,33)/t18-,19+,22-,23+,24-,25+,26+,28+,29-,30-,31-;18-,19+,21-,22-,23-,24+,26-,27-,28-,29-,30?/m11/s1. The van der Waals surface area contributed by atoms with Crippen molar-refractivity contribution < 1.29 is 30.0 Å². The average molecular weight is 927 g/mol. The van der Waals surface area contributed by atoms with E-state index in [-0.39, 0.29) is 49.2 Å². The average Bonchev–Trinajstić information content (AvgIpc) is 3.25. The Balaban J connectivity index is 0.000000168. The minimum absolute atomic E-state index is 0.0147. The fourth-order valence-corrected chi connectivity index (χ4v) is 22.0. The molecule has 0 heterocycles. The van der Waals surface area contributed by atoms with Gasteiger partial charge in [0.2, 0.25) is 0 Å². The number of carboxylic acid groups (broad SMARTS) is 1. The summed E-state index contributed by atoms with van der Waals surface area (Å²) in [6.07, 6.45) is 21.7. The Kier molecular flexibility index (Phi) is 11.9. The number of carbonyl (C=O) groups is 2. The van der Waals surface area contributed by atoms with E-state index in [4.69, 9.17) is 0 Å². The Bertz CT molecular complexity index is 2070. The first-order valence-electron chi connectivity index (χ1n) is 28.1. The summed E-state index contributed by atoms with van der Waals surface area (Å²) in [5, 5.41) is 43.1. The first kappa shape index (κ1) is 50.4. The summed E-state index contributed by atoms with van der Waals surface area (Å²) in [4.78, 5) is 25.7. The molecule has 378 valence electrons. The number of aliphatic hydroxyl groups is 3. The lowest BCUT2D eigenvalue weighted by atomic mass is 9.33. The number of rotatable bonds is 2. The lowest BCUT2D eigenvalue weighted by molar-refractivity contribution is -0.231. The van der Waals surface area contributed by atoms with Crippen LogP contribution in [-0.4, -0.2) is 50.5 Å². The molecular weight excluding hydrogens is 829 g/mol. The summed E-state index contributed by atoms with van der Waals surface area (Å²) in [5.41, 5.74) is 3.01. The van der Waals surface area contributed by atoms with Crippen molar-refractivity contribution in [3.05, 3.63) is 23.3 Å². The number of Topliss-reactive ketones (excluding diaryl/α,β-unsaturated/α-hetero) is 1. The molecule has 0 amide bonds. The molecule has 6 nitrogen and oxygen atoms in total. The van der Waals surface area contributed by atoms with Gasteiger partial charge < -0.3 is 20.4 Å².